The predicted molar refractivity (Wildman–Crippen MR) is 89.9 cm³/mol. The number of phenols is 1. The van der Waals surface area contributed by atoms with Crippen LogP contribution in [0.4, 0.5) is 0 Å². The molecule has 108 valence electrons. The zero-order valence-corrected chi connectivity index (χ0v) is 14.9. The molecule has 0 aliphatic rings. The minimum atomic E-state index is -1.32. The third-order valence-corrected chi connectivity index (χ3v) is 14.2. The molecule has 1 N–H and O–H groups in total. The van der Waals surface area contributed by atoms with Crippen molar-refractivity contribution >= 4 is 19.8 Å². The van der Waals surface area contributed by atoms with Gasteiger partial charge < -0.3 is 5.11 Å². The van der Waals surface area contributed by atoms with E-state index >= 15 is 0 Å². The molecule has 3 heteroatoms. The smallest absolute Gasteiger partial charge is 0.115 e. The van der Waals surface area contributed by atoms with Gasteiger partial charge in [-0.05, 0) is 46.3 Å². The Morgan fingerprint density at radius 3 is 1.68 bits per heavy atom. The summed E-state index contributed by atoms with van der Waals surface area (Å²) in [4.78, 5) is 1.27. The van der Waals surface area contributed by atoms with Crippen LogP contribution in [0.5, 0.6) is 5.75 Å². The van der Waals surface area contributed by atoms with Gasteiger partial charge in [0.15, 0.2) is 0 Å². The Morgan fingerprint density at radius 2 is 1.32 bits per heavy atom. The quantitative estimate of drug-likeness (QED) is 0.536. The molecule has 0 aliphatic heterocycles. The van der Waals surface area contributed by atoms with E-state index < -0.39 is 8.07 Å². The highest BCUT2D eigenvalue weighted by Gasteiger charge is 2.42. The van der Waals surface area contributed by atoms with Crippen molar-refractivity contribution in [3.8, 4) is 5.75 Å². The Hall–Kier alpha value is -0.413. The van der Waals surface area contributed by atoms with E-state index in [1.807, 2.05) is 23.9 Å². The maximum absolute atomic E-state index is 9.35. The summed E-state index contributed by atoms with van der Waals surface area (Å²) in [6, 6.07) is 7.62. The van der Waals surface area contributed by atoms with Gasteiger partial charge in [0.2, 0.25) is 0 Å². The lowest BCUT2D eigenvalue weighted by Gasteiger charge is -2.43. The molecule has 0 heterocycles. The molecule has 0 aliphatic carbocycles. The Kier molecular flexibility index (Phi) is 6.00. The minimum Gasteiger partial charge on any atom is -0.508 e. The van der Waals surface area contributed by atoms with Crippen LogP contribution in [0.1, 0.15) is 41.5 Å². The molecular weight excluding hydrogens is 268 g/mol. The summed E-state index contributed by atoms with van der Waals surface area (Å²) in [5, 5.41) is 10.6. The maximum atomic E-state index is 9.35. The molecule has 0 saturated heterocycles. The SMILES string of the molecule is CC(C)[Si](CSc1ccc(O)cc1)(C(C)C)C(C)C. The molecule has 1 nitrogen and oxygen atoms in total. The normalized spacial score (nSPS) is 12.7. The standard InChI is InChI=1S/C16H28OSSi/c1-12(2)19(13(3)4,14(5)6)11-18-16-9-7-15(17)8-10-16/h7-10,12-14,17H,11H2,1-6H3. The predicted octanol–water partition coefficient (Wildman–Crippen LogP) is 5.70. The maximum Gasteiger partial charge on any atom is 0.115 e. The molecule has 1 aromatic rings. The molecule has 0 fully saturated rings. The lowest BCUT2D eigenvalue weighted by Crippen LogP contribution is -2.47. The first-order chi connectivity index (χ1) is 8.80. The van der Waals surface area contributed by atoms with E-state index in [0.29, 0.717) is 5.75 Å². The minimum absolute atomic E-state index is 0.351. The lowest BCUT2D eigenvalue weighted by molar-refractivity contribution is 0.475. The van der Waals surface area contributed by atoms with Gasteiger partial charge in [0.25, 0.3) is 0 Å². The average molecular weight is 297 g/mol. The van der Waals surface area contributed by atoms with E-state index in [9.17, 15) is 5.11 Å². The van der Waals surface area contributed by atoms with Gasteiger partial charge in [0.05, 0.1) is 8.07 Å². The molecule has 1 aromatic carbocycles. The topological polar surface area (TPSA) is 20.2 Å². The van der Waals surface area contributed by atoms with Crippen molar-refractivity contribution < 1.29 is 5.11 Å². The molecule has 1 rings (SSSR count). The van der Waals surface area contributed by atoms with Crippen molar-refractivity contribution in [2.24, 2.45) is 0 Å². The first-order valence-corrected chi connectivity index (χ1v) is 10.6. The van der Waals surface area contributed by atoms with E-state index in [1.165, 1.54) is 10.3 Å². The van der Waals surface area contributed by atoms with Crippen molar-refractivity contribution in [1.29, 1.82) is 0 Å². The van der Waals surface area contributed by atoms with E-state index in [2.05, 4.69) is 41.5 Å². The molecule has 0 atom stereocenters. The Balaban J connectivity index is 2.87. The Bertz CT molecular complexity index is 362. The molecule has 0 bridgehead atoms. The summed E-state index contributed by atoms with van der Waals surface area (Å²) >= 11 is 1.97. The Morgan fingerprint density at radius 1 is 0.895 bits per heavy atom. The number of rotatable bonds is 6. The van der Waals surface area contributed by atoms with Gasteiger partial charge in [0, 0.05) is 4.90 Å². The monoisotopic (exact) mass is 296 g/mol. The molecule has 0 amide bonds. The highest BCUT2D eigenvalue weighted by molar-refractivity contribution is 8.01. The second kappa shape index (κ2) is 6.85. The van der Waals surface area contributed by atoms with Crippen molar-refractivity contribution in [2.75, 3.05) is 5.38 Å². The van der Waals surface area contributed by atoms with E-state index in [1.54, 1.807) is 12.1 Å². The highest BCUT2D eigenvalue weighted by Crippen LogP contribution is 2.44. The van der Waals surface area contributed by atoms with Crippen LogP contribution in [-0.4, -0.2) is 18.6 Å². The average Bonchev–Trinajstić information content (AvgIpc) is 2.30. The third-order valence-electron chi connectivity index (χ3n) is 4.55. The number of aromatic hydroxyl groups is 1. The summed E-state index contributed by atoms with van der Waals surface area (Å²) in [5.41, 5.74) is 2.41. The van der Waals surface area contributed by atoms with E-state index in [-0.39, 0.29) is 0 Å². The van der Waals surface area contributed by atoms with Crippen molar-refractivity contribution in [1.82, 2.24) is 0 Å². The lowest BCUT2D eigenvalue weighted by atomic mass is 10.3. The van der Waals surface area contributed by atoms with Crippen LogP contribution < -0.4 is 0 Å². The second-order valence-electron chi connectivity index (χ2n) is 6.36. The fraction of sp³-hybridized carbons (Fsp3) is 0.625. The molecule has 0 aromatic heterocycles. The summed E-state index contributed by atoms with van der Waals surface area (Å²) in [6.45, 7) is 14.4. The van der Waals surface area contributed by atoms with Crippen LogP contribution in [0, 0.1) is 0 Å². The highest BCUT2D eigenvalue weighted by atomic mass is 32.2. The van der Waals surface area contributed by atoms with Gasteiger partial charge >= 0.3 is 0 Å². The Labute approximate surface area is 123 Å². The van der Waals surface area contributed by atoms with Crippen LogP contribution >= 0.6 is 11.8 Å². The van der Waals surface area contributed by atoms with E-state index in [4.69, 9.17) is 0 Å². The molecule has 0 unspecified atom stereocenters. The zero-order valence-electron chi connectivity index (χ0n) is 13.1. The first kappa shape index (κ1) is 16.6. The number of thioether (sulfide) groups is 1. The number of benzene rings is 1. The van der Waals surface area contributed by atoms with Gasteiger partial charge in [-0.25, -0.2) is 0 Å². The fourth-order valence-electron chi connectivity index (χ4n) is 3.25. The van der Waals surface area contributed by atoms with Gasteiger partial charge in [-0.1, -0.05) is 41.5 Å². The second-order valence-corrected chi connectivity index (χ2v) is 14.0. The fourth-order valence-corrected chi connectivity index (χ4v) is 13.2. The van der Waals surface area contributed by atoms with E-state index in [0.717, 1.165) is 16.6 Å². The zero-order chi connectivity index (χ0) is 14.6. The summed E-state index contributed by atoms with van der Waals surface area (Å²) in [6.07, 6.45) is 0. The van der Waals surface area contributed by atoms with Gasteiger partial charge in [-0.15, -0.1) is 11.8 Å². The molecule has 19 heavy (non-hydrogen) atoms. The van der Waals surface area contributed by atoms with Crippen molar-refractivity contribution in [2.45, 2.75) is 63.1 Å². The van der Waals surface area contributed by atoms with Crippen LogP contribution in [0.25, 0.3) is 0 Å². The summed E-state index contributed by atoms with van der Waals surface area (Å²) < 4.78 is 0. The van der Waals surface area contributed by atoms with Crippen LogP contribution in [-0.2, 0) is 0 Å². The number of hydrogen-bond acceptors (Lipinski definition) is 2. The first-order valence-electron chi connectivity index (χ1n) is 7.22. The van der Waals surface area contributed by atoms with Crippen LogP contribution in [0.3, 0.4) is 0 Å². The van der Waals surface area contributed by atoms with Gasteiger partial charge in [-0.3, -0.25) is 0 Å². The van der Waals surface area contributed by atoms with Crippen LogP contribution in [0.15, 0.2) is 29.2 Å². The van der Waals surface area contributed by atoms with Crippen molar-refractivity contribution in [3.63, 3.8) is 0 Å². The van der Waals surface area contributed by atoms with Gasteiger partial charge in [0.1, 0.15) is 5.75 Å². The van der Waals surface area contributed by atoms with Crippen LogP contribution in [0.2, 0.25) is 16.6 Å². The number of phenolic OH excluding ortho intramolecular Hbond substituents is 1. The summed E-state index contributed by atoms with van der Waals surface area (Å²) in [7, 11) is -1.32. The molecular formula is C16H28OSSi. The van der Waals surface area contributed by atoms with Crippen molar-refractivity contribution in [3.05, 3.63) is 24.3 Å². The van der Waals surface area contributed by atoms with Gasteiger partial charge in [-0.2, -0.15) is 0 Å². The molecule has 0 saturated carbocycles. The largest absolute Gasteiger partial charge is 0.508 e. The molecule has 0 radical (unpaired) electrons. The molecule has 0 spiro atoms. The third kappa shape index (κ3) is 3.79. The number of hydrogen-bond donors (Lipinski definition) is 1. The summed E-state index contributed by atoms with van der Waals surface area (Å²) in [5.74, 6) is 0.351.